The largest absolute Gasteiger partial charge is 0.369 e. The molecule has 0 amide bonds. The molecular formula is C22H29N3O2. The van der Waals surface area contributed by atoms with Gasteiger partial charge in [-0.25, -0.2) is 0 Å². The van der Waals surface area contributed by atoms with Crippen LogP contribution in [0.5, 0.6) is 0 Å². The number of piperazine rings is 1. The molecule has 0 bridgehead atoms. The molecule has 1 N–H and O–H groups in total. The van der Waals surface area contributed by atoms with Crippen LogP contribution in [-0.4, -0.2) is 53.7 Å². The Morgan fingerprint density at radius 1 is 1.04 bits per heavy atom. The highest BCUT2D eigenvalue weighted by Gasteiger charge is 2.29. The summed E-state index contributed by atoms with van der Waals surface area (Å²) in [5.74, 6) is 0.0623. The first-order chi connectivity index (χ1) is 12.8. The third kappa shape index (κ3) is 3.69. The van der Waals surface area contributed by atoms with Crippen molar-refractivity contribution >= 4 is 17.3 Å². The van der Waals surface area contributed by atoms with E-state index in [1.165, 1.54) is 11.3 Å². The summed E-state index contributed by atoms with van der Waals surface area (Å²) < 4.78 is 0. The molecule has 3 rings (SSSR count). The fraction of sp³-hybridized carbons (Fsp3) is 0.455. The highest BCUT2D eigenvalue weighted by molar-refractivity contribution is 6.05. The number of para-hydroxylation sites is 1. The maximum absolute atomic E-state index is 13.1. The van der Waals surface area contributed by atoms with Crippen molar-refractivity contribution in [1.29, 1.82) is 0 Å². The summed E-state index contributed by atoms with van der Waals surface area (Å²) in [6.07, 6.45) is 0. The van der Waals surface area contributed by atoms with Gasteiger partial charge in [0, 0.05) is 43.1 Å². The van der Waals surface area contributed by atoms with Gasteiger partial charge in [-0.1, -0.05) is 18.2 Å². The zero-order chi connectivity index (χ0) is 19.7. The summed E-state index contributed by atoms with van der Waals surface area (Å²) in [6.45, 7) is 12.9. The Bertz CT molecular complexity index is 860. The third-order valence-electron chi connectivity index (χ3n) is 5.73. The molecule has 1 atom stereocenters. The SMILES string of the molecule is CC(=O)c1c(C)[nH]c(C(=O)[C@@H](C)N2CCN(c3ccccc3C)CC2)c1C. The van der Waals surface area contributed by atoms with Crippen LogP contribution in [0.4, 0.5) is 5.69 Å². The Kier molecular flexibility index (Phi) is 5.51. The normalized spacial score (nSPS) is 16.4. The smallest absolute Gasteiger partial charge is 0.196 e. The molecule has 1 fully saturated rings. The standard InChI is InChI=1S/C22H29N3O2/c1-14-8-6-7-9-19(14)25-12-10-24(11-13-25)17(4)22(27)21-15(2)20(18(5)26)16(3)23-21/h6-9,17,23H,10-13H2,1-5H3/t17-/m1/s1. The first-order valence-electron chi connectivity index (χ1n) is 9.60. The topological polar surface area (TPSA) is 56.4 Å². The number of carbonyl (C=O) groups excluding carboxylic acids is 2. The maximum atomic E-state index is 13.1. The quantitative estimate of drug-likeness (QED) is 0.822. The van der Waals surface area contributed by atoms with E-state index in [9.17, 15) is 9.59 Å². The Labute approximate surface area is 161 Å². The first kappa shape index (κ1) is 19.4. The minimum Gasteiger partial charge on any atom is -0.369 e. The molecule has 27 heavy (non-hydrogen) atoms. The van der Waals surface area contributed by atoms with Crippen molar-refractivity contribution in [2.45, 2.75) is 40.7 Å². The van der Waals surface area contributed by atoms with Crippen LogP contribution in [0.3, 0.4) is 0 Å². The summed E-state index contributed by atoms with van der Waals surface area (Å²) in [4.78, 5) is 32.7. The predicted octanol–water partition coefficient (Wildman–Crippen LogP) is 3.54. The lowest BCUT2D eigenvalue weighted by atomic mass is 10.0. The highest BCUT2D eigenvalue weighted by Crippen LogP contribution is 2.24. The molecule has 1 aromatic carbocycles. The zero-order valence-corrected chi connectivity index (χ0v) is 16.9. The van der Waals surface area contributed by atoms with Crippen LogP contribution in [0.2, 0.25) is 0 Å². The fourth-order valence-electron chi connectivity index (χ4n) is 4.17. The van der Waals surface area contributed by atoms with Crippen LogP contribution in [0.1, 0.15) is 51.5 Å². The predicted molar refractivity (Wildman–Crippen MR) is 109 cm³/mol. The maximum Gasteiger partial charge on any atom is 0.196 e. The van der Waals surface area contributed by atoms with E-state index < -0.39 is 0 Å². The number of aryl methyl sites for hydroxylation is 2. The number of ketones is 2. The Morgan fingerprint density at radius 3 is 2.22 bits per heavy atom. The van der Waals surface area contributed by atoms with Crippen molar-refractivity contribution in [3.8, 4) is 0 Å². The van der Waals surface area contributed by atoms with Crippen LogP contribution in [0, 0.1) is 20.8 Å². The van der Waals surface area contributed by atoms with Gasteiger partial charge in [0.25, 0.3) is 0 Å². The molecule has 1 aliphatic rings. The van der Waals surface area contributed by atoms with Gasteiger partial charge in [0.05, 0.1) is 11.7 Å². The van der Waals surface area contributed by atoms with Gasteiger partial charge in [0.1, 0.15) is 0 Å². The Hall–Kier alpha value is -2.40. The number of nitrogens with zero attached hydrogens (tertiary/aromatic N) is 2. The minimum absolute atomic E-state index is 0.000187. The van der Waals surface area contributed by atoms with Gasteiger partial charge in [-0.15, -0.1) is 0 Å². The van der Waals surface area contributed by atoms with Crippen molar-refractivity contribution in [3.63, 3.8) is 0 Å². The Balaban J connectivity index is 1.70. The van der Waals surface area contributed by atoms with Gasteiger partial charge >= 0.3 is 0 Å². The number of Topliss-reactive ketones (excluding diaryl/α,β-unsaturated/α-hetero) is 2. The van der Waals surface area contributed by atoms with Crippen molar-refractivity contribution in [1.82, 2.24) is 9.88 Å². The van der Waals surface area contributed by atoms with Gasteiger partial charge < -0.3 is 9.88 Å². The average Bonchev–Trinajstić information content (AvgIpc) is 2.95. The van der Waals surface area contributed by atoms with E-state index >= 15 is 0 Å². The molecule has 2 heterocycles. The lowest BCUT2D eigenvalue weighted by Gasteiger charge is -2.39. The van der Waals surface area contributed by atoms with Crippen LogP contribution >= 0.6 is 0 Å². The number of hydrogen-bond acceptors (Lipinski definition) is 4. The number of aromatic nitrogens is 1. The number of carbonyl (C=O) groups is 2. The van der Waals surface area contributed by atoms with Crippen LogP contribution in [0.15, 0.2) is 24.3 Å². The highest BCUT2D eigenvalue weighted by atomic mass is 16.1. The summed E-state index contributed by atoms with van der Waals surface area (Å²) in [7, 11) is 0. The minimum atomic E-state index is -0.208. The second-order valence-electron chi connectivity index (χ2n) is 7.53. The van der Waals surface area contributed by atoms with Gasteiger partial charge in [0.15, 0.2) is 11.6 Å². The van der Waals surface area contributed by atoms with Gasteiger partial charge in [0.2, 0.25) is 0 Å². The van der Waals surface area contributed by atoms with Gasteiger partial charge in [-0.2, -0.15) is 0 Å². The van der Waals surface area contributed by atoms with E-state index in [0.717, 1.165) is 37.4 Å². The molecule has 2 aromatic rings. The number of hydrogen-bond donors (Lipinski definition) is 1. The summed E-state index contributed by atoms with van der Waals surface area (Å²) in [5.41, 5.74) is 5.33. The van der Waals surface area contributed by atoms with Crippen LogP contribution in [-0.2, 0) is 0 Å². The number of aromatic amines is 1. The average molecular weight is 367 g/mol. The Morgan fingerprint density at radius 2 is 1.67 bits per heavy atom. The fourth-order valence-corrected chi connectivity index (χ4v) is 4.17. The molecule has 0 saturated carbocycles. The van der Waals surface area contributed by atoms with E-state index in [2.05, 4.69) is 46.0 Å². The van der Waals surface area contributed by atoms with Crippen molar-refractivity contribution < 1.29 is 9.59 Å². The lowest BCUT2D eigenvalue weighted by Crippen LogP contribution is -2.52. The van der Waals surface area contributed by atoms with Crippen LogP contribution in [0.25, 0.3) is 0 Å². The van der Waals surface area contributed by atoms with Crippen LogP contribution < -0.4 is 4.90 Å². The molecule has 5 heteroatoms. The number of rotatable bonds is 5. The molecule has 144 valence electrons. The number of anilines is 1. The van der Waals surface area contributed by atoms with E-state index in [1.54, 1.807) is 6.92 Å². The molecule has 0 spiro atoms. The van der Waals surface area contributed by atoms with E-state index in [-0.39, 0.29) is 17.6 Å². The second kappa shape index (κ2) is 7.69. The van der Waals surface area contributed by atoms with Crippen molar-refractivity contribution in [2.24, 2.45) is 0 Å². The molecule has 0 radical (unpaired) electrons. The summed E-state index contributed by atoms with van der Waals surface area (Å²) in [6, 6.07) is 8.22. The molecule has 1 aliphatic heterocycles. The number of benzene rings is 1. The summed E-state index contributed by atoms with van der Waals surface area (Å²) >= 11 is 0. The first-order valence-corrected chi connectivity index (χ1v) is 9.60. The molecule has 0 aliphatic carbocycles. The van der Waals surface area contributed by atoms with E-state index in [1.807, 2.05) is 20.8 Å². The van der Waals surface area contributed by atoms with Crippen molar-refractivity contribution in [3.05, 3.63) is 52.3 Å². The summed E-state index contributed by atoms with van der Waals surface area (Å²) in [5, 5.41) is 0. The third-order valence-corrected chi connectivity index (χ3v) is 5.73. The molecule has 5 nitrogen and oxygen atoms in total. The van der Waals surface area contributed by atoms with Gasteiger partial charge in [-0.3, -0.25) is 14.5 Å². The molecule has 1 saturated heterocycles. The lowest BCUT2D eigenvalue weighted by molar-refractivity contribution is 0.0824. The monoisotopic (exact) mass is 367 g/mol. The van der Waals surface area contributed by atoms with E-state index in [4.69, 9.17) is 0 Å². The van der Waals surface area contributed by atoms with Crippen molar-refractivity contribution in [2.75, 3.05) is 31.1 Å². The van der Waals surface area contributed by atoms with Gasteiger partial charge in [-0.05, 0) is 51.8 Å². The second-order valence-corrected chi connectivity index (χ2v) is 7.53. The number of nitrogens with one attached hydrogen (secondary N) is 1. The zero-order valence-electron chi connectivity index (χ0n) is 16.9. The number of H-pyrrole nitrogens is 1. The molecule has 0 unspecified atom stereocenters. The molecular weight excluding hydrogens is 338 g/mol. The molecule has 1 aromatic heterocycles. The van der Waals surface area contributed by atoms with E-state index in [0.29, 0.717) is 11.3 Å².